The van der Waals surface area contributed by atoms with Crippen molar-refractivity contribution in [1.29, 1.82) is 0 Å². The first kappa shape index (κ1) is 12.3. The van der Waals surface area contributed by atoms with E-state index in [1.54, 1.807) is 0 Å². The molecule has 0 aliphatic heterocycles. The van der Waals surface area contributed by atoms with Crippen molar-refractivity contribution in [3.8, 4) is 0 Å². The molecule has 0 spiro atoms. The molecule has 3 heteroatoms. The highest BCUT2D eigenvalue weighted by atomic mass is 32.2. The molecule has 2 N–H and O–H groups in total. The zero-order chi connectivity index (χ0) is 10.4. The molecule has 14 heavy (non-hydrogen) atoms. The summed E-state index contributed by atoms with van der Waals surface area (Å²) < 4.78 is 0. The van der Waals surface area contributed by atoms with E-state index >= 15 is 0 Å². The first-order valence-electron chi connectivity index (χ1n) is 5.68. The van der Waals surface area contributed by atoms with Gasteiger partial charge in [0.05, 0.1) is 6.10 Å². The van der Waals surface area contributed by atoms with E-state index in [0.29, 0.717) is 6.04 Å². The van der Waals surface area contributed by atoms with E-state index in [0.717, 1.165) is 18.2 Å². The predicted octanol–water partition coefficient (Wildman–Crippen LogP) is 2.02. The van der Waals surface area contributed by atoms with Gasteiger partial charge in [-0.2, -0.15) is 11.8 Å². The molecular weight excluding hydrogens is 194 g/mol. The fourth-order valence-electron chi connectivity index (χ4n) is 2.09. The molecule has 0 aromatic heterocycles. The predicted molar refractivity (Wildman–Crippen MR) is 63.9 cm³/mol. The lowest BCUT2D eigenvalue weighted by molar-refractivity contribution is 0.181. The van der Waals surface area contributed by atoms with Crippen molar-refractivity contribution < 1.29 is 5.11 Å². The van der Waals surface area contributed by atoms with Crippen LogP contribution in [-0.2, 0) is 0 Å². The molecule has 1 fully saturated rings. The zero-order valence-electron chi connectivity index (χ0n) is 9.33. The number of hydrogen-bond acceptors (Lipinski definition) is 3. The molecule has 1 saturated carbocycles. The van der Waals surface area contributed by atoms with Gasteiger partial charge < -0.3 is 10.4 Å². The topological polar surface area (TPSA) is 32.3 Å². The minimum atomic E-state index is -0.168. The quantitative estimate of drug-likeness (QED) is 0.739. The second-order valence-corrected chi connectivity index (χ2v) is 5.33. The maximum Gasteiger partial charge on any atom is 0.0524 e. The molecule has 0 radical (unpaired) electrons. The standard InChI is InChI=1S/C11H23NOS/c1-9(13)7-8-12-10-5-3-4-6-11(10)14-2/h9-13H,3-8H2,1-2H3. The van der Waals surface area contributed by atoms with Gasteiger partial charge in [-0.15, -0.1) is 0 Å². The first-order chi connectivity index (χ1) is 6.74. The molecule has 0 bridgehead atoms. The Morgan fingerprint density at radius 2 is 2.14 bits per heavy atom. The summed E-state index contributed by atoms with van der Waals surface area (Å²) in [6.07, 6.45) is 8.33. The fraction of sp³-hybridized carbons (Fsp3) is 1.00. The van der Waals surface area contributed by atoms with Crippen molar-refractivity contribution >= 4 is 11.8 Å². The normalized spacial score (nSPS) is 30.2. The van der Waals surface area contributed by atoms with Crippen LogP contribution in [0.1, 0.15) is 39.0 Å². The largest absolute Gasteiger partial charge is 0.393 e. The molecule has 84 valence electrons. The van der Waals surface area contributed by atoms with Gasteiger partial charge in [-0.3, -0.25) is 0 Å². The van der Waals surface area contributed by atoms with Crippen molar-refractivity contribution in [2.45, 2.75) is 56.4 Å². The smallest absolute Gasteiger partial charge is 0.0524 e. The van der Waals surface area contributed by atoms with Gasteiger partial charge in [-0.25, -0.2) is 0 Å². The van der Waals surface area contributed by atoms with Gasteiger partial charge in [0.25, 0.3) is 0 Å². The Bertz CT molecular complexity index is 152. The van der Waals surface area contributed by atoms with Crippen molar-refractivity contribution in [3.05, 3.63) is 0 Å². The molecule has 1 rings (SSSR count). The molecule has 0 aromatic carbocycles. The highest BCUT2D eigenvalue weighted by Gasteiger charge is 2.23. The van der Waals surface area contributed by atoms with Crippen molar-refractivity contribution in [1.82, 2.24) is 5.32 Å². The summed E-state index contributed by atoms with van der Waals surface area (Å²) in [7, 11) is 0. The van der Waals surface area contributed by atoms with Gasteiger partial charge in [-0.05, 0) is 39.0 Å². The second-order valence-electron chi connectivity index (χ2n) is 4.26. The summed E-state index contributed by atoms with van der Waals surface area (Å²) in [6.45, 7) is 2.81. The van der Waals surface area contributed by atoms with Crippen LogP contribution in [0.3, 0.4) is 0 Å². The molecular formula is C11H23NOS. The summed E-state index contributed by atoms with van der Waals surface area (Å²) in [5, 5.41) is 13.5. The van der Waals surface area contributed by atoms with Crippen LogP contribution in [0, 0.1) is 0 Å². The van der Waals surface area contributed by atoms with Gasteiger partial charge in [0.1, 0.15) is 0 Å². The zero-order valence-corrected chi connectivity index (χ0v) is 10.1. The van der Waals surface area contributed by atoms with Crippen LogP contribution in [0.4, 0.5) is 0 Å². The lowest BCUT2D eigenvalue weighted by Gasteiger charge is -2.31. The van der Waals surface area contributed by atoms with Crippen LogP contribution in [0.5, 0.6) is 0 Å². The lowest BCUT2D eigenvalue weighted by Crippen LogP contribution is -2.41. The van der Waals surface area contributed by atoms with E-state index in [2.05, 4.69) is 11.6 Å². The SMILES string of the molecule is CSC1CCCCC1NCCC(C)O. The van der Waals surface area contributed by atoms with E-state index in [4.69, 9.17) is 5.11 Å². The second kappa shape index (κ2) is 6.70. The Morgan fingerprint density at radius 3 is 2.79 bits per heavy atom. The maximum absolute atomic E-state index is 9.16. The van der Waals surface area contributed by atoms with E-state index in [1.165, 1.54) is 25.7 Å². The van der Waals surface area contributed by atoms with Gasteiger partial charge in [0.15, 0.2) is 0 Å². The monoisotopic (exact) mass is 217 g/mol. The van der Waals surface area contributed by atoms with Crippen LogP contribution < -0.4 is 5.32 Å². The van der Waals surface area contributed by atoms with Crippen LogP contribution in [-0.4, -0.2) is 35.3 Å². The molecule has 0 amide bonds. The first-order valence-corrected chi connectivity index (χ1v) is 6.97. The van der Waals surface area contributed by atoms with Crippen molar-refractivity contribution in [3.63, 3.8) is 0 Å². The van der Waals surface area contributed by atoms with Crippen LogP contribution in [0.25, 0.3) is 0 Å². The third-order valence-corrected chi connectivity index (χ3v) is 4.14. The molecule has 0 aromatic rings. The Hall–Kier alpha value is 0.270. The summed E-state index contributed by atoms with van der Waals surface area (Å²) in [6, 6.07) is 0.678. The van der Waals surface area contributed by atoms with E-state index in [9.17, 15) is 0 Å². The third kappa shape index (κ3) is 4.20. The molecule has 3 unspecified atom stereocenters. The summed E-state index contributed by atoms with van der Waals surface area (Å²) in [5.74, 6) is 0. The highest BCUT2D eigenvalue weighted by molar-refractivity contribution is 7.99. The van der Waals surface area contributed by atoms with Crippen LogP contribution in [0.15, 0.2) is 0 Å². The van der Waals surface area contributed by atoms with E-state index in [-0.39, 0.29) is 6.10 Å². The van der Waals surface area contributed by atoms with Crippen molar-refractivity contribution in [2.24, 2.45) is 0 Å². The number of hydrogen-bond donors (Lipinski definition) is 2. The lowest BCUT2D eigenvalue weighted by atomic mass is 9.95. The number of rotatable bonds is 5. The van der Waals surface area contributed by atoms with Gasteiger partial charge in [0, 0.05) is 11.3 Å². The molecule has 0 saturated heterocycles. The number of thioether (sulfide) groups is 1. The highest BCUT2D eigenvalue weighted by Crippen LogP contribution is 2.26. The van der Waals surface area contributed by atoms with Gasteiger partial charge in [-0.1, -0.05) is 12.8 Å². The Labute approximate surface area is 91.9 Å². The Kier molecular flexibility index (Phi) is 5.90. The Morgan fingerprint density at radius 1 is 1.43 bits per heavy atom. The molecule has 3 atom stereocenters. The average Bonchev–Trinajstić information content (AvgIpc) is 2.18. The number of aliphatic hydroxyl groups excluding tert-OH is 1. The van der Waals surface area contributed by atoms with E-state index in [1.807, 2.05) is 18.7 Å². The minimum Gasteiger partial charge on any atom is -0.393 e. The summed E-state index contributed by atoms with van der Waals surface area (Å²) in [4.78, 5) is 0. The molecule has 1 aliphatic rings. The van der Waals surface area contributed by atoms with Gasteiger partial charge >= 0.3 is 0 Å². The summed E-state index contributed by atoms with van der Waals surface area (Å²) in [5.41, 5.74) is 0. The summed E-state index contributed by atoms with van der Waals surface area (Å²) >= 11 is 1.99. The van der Waals surface area contributed by atoms with E-state index < -0.39 is 0 Å². The average molecular weight is 217 g/mol. The van der Waals surface area contributed by atoms with Gasteiger partial charge in [0.2, 0.25) is 0 Å². The minimum absolute atomic E-state index is 0.168. The molecule has 2 nitrogen and oxygen atoms in total. The number of aliphatic hydroxyl groups is 1. The molecule has 1 aliphatic carbocycles. The third-order valence-electron chi connectivity index (χ3n) is 2.97. The fourth-order valence-corrected chi connectivity index (χ4v) is 3.05. The maximum atomic E-state index is 9.16. The Balaban J connectivity index is 2.19. The van der Waals surface area contributed by atoms with Crippen LogP contribution >= 0.6 is 11.8 Å². The number of nitrogens with one attached hydrogen (secondary N) is 1. The van der Waals surface area contributed by atoms with Crippen molar-refractivity contribution in [2.75, 3.05) is 12.8 Å². The van der Waals surface area contributed by atoms with Crippen LogP contribution in [0.2, 0.25) is 0 Å². The molecule has 0 heterocycles.